The number of carbonyl (C=O) groups is 3. The molecule has 2 atom stereocenters. The van der Waals surface area contributed by atoms with E-state index in [4.69, 9.17) is 5.73 Å². The number of nitrogens with two attached hydrogens (primary N) is 1. The summed E-state index contributed by atoms with van der Waals surface area (Å²) in [6, 6.07) is -0.749. The number of rotatable bonds is 5. The molecule has 0 aromatic rings. The SMILES string of the molecule is NC(=O)C(CC1CCNC1=O)NC=O. The predicted molar refractivity (Wildman–Crippen MR) is 47.9 cm³/mol. The van der Waals surface area contributed by atoms with Gasteiger partial charge in [0.15, 0.2) is 0 Å². The third kappa shape index (κ3) is 2.45. The van der Waals surface area contributed by atoms with Crippen LogP contribution >= 0.6 is 0 Å². The third-order valence-electron chi connectivity index (χ3n) is 2.30. The van der Waals surface area contributed by atoms with Crippen molar-refractivity contribution in [2.24, 2.45) is 11.7 Å². The van der Waals surface area contributed by atoms with Crippen LogP contribution in [-0.2, 0) is 14.4 Å². The van der Waals surface area contributed by atoms with Gasteiger partial charge in [-0.1, -0.05) is 0 Å². The molecular formula is C8H13N3O3. The van der Waals surface area contributed by atoms with Crippen LogP contribution in [0.4, 0.5) is 0 Å². The summed E-state index contributed by atoms with van der Waals surface area (Å²) in [4.78, 5) is 32.2. The lowest BCUT2D eigenvalue weighted by atomic mass is 9.98. The maximum atomic E-state index is 11.2. The predicted octanol–water partition coefficient (Wildman–Crippen LogP) is -1.89. The highest BCUT2D eigenvalue weighted by Crippen LogP contribution is 2.15. The van der Waals surface area contributed by atoms with Gasteiger partial charge in [-0.25, -0.2) is 0 Å². The molecule has 14 heavy (non-hydrogen) atoms. The van der Waals surface area contributed by atoms with Gasteiger partial charge in [-0.05, 0) is 12.8 Å². The molecule has 1 fully saturated rings. The smallest absolute Gasteiger partial charge is 0.240 e. The number of hydrogen-bond acceptors (Lipinski definition) is 3. The Morgan fingerprint density at radius 3 is 2.93 bits per heavy atom. The minimum absolute atomic E-state index is 0.0797. The van der Waals surface area contributed by atoms with E-state index in [0.717, 1.165) is 0 Å². The minimum Gasteiger partial charge on any atom is -0.368 e. The zero-order valence-corrected chi connectivity index (χ0v) is 7.66. The molecule has 0 aromatic carbocycles. The minimum atomic E-state index is -0.749. The molecule has 0 aliphatic carbocycles. The highest BCUT2D eigenvalue weighted by molar-refractivity contribution is 5.85. The van der Waals surface area contributed by atoms with Gasteiger partial charge in [0, 0.05) is 12.5 Å². The van der Waals surface area contributed by atoms with E-state index >= 15 is 0 Å². The lowest BCUT2D eigenvalue weighted by Gasteiger charge is -2.14. The van der Waals surface area contributed by atoms with Crippen molar-refractivity contribution in [2.75, 3.05) is 6.54 Å². The molecule has 2 unspecified atom stereocenters. The van der Waals surface area contributed by atoms with Crippen molar-refractivity contribution in [3.63, 3.8) is 0 Å². The van der Waals surface area contributed by atoms with Crippen molar-refractivity contribution >= 4 is 18.2 Å². The first-order chi connectivity index (χ1) is 6.65. The van der Waals surface area contributed by atoms with Crippen molar-refractivity contribution in [2.45, 2.75) is 18.9 Å². The Labute approximate surface area is 81.2 Å². The van der Waals surface area contributed by atoms with Crippen molar-refractivity contribution in [3.8, 4) is 0 Å². The van der Waals surface area contributed by atoms with Crippen LogP contribution in [0.2, 0.25) is 0 Å². The molecule has 3 amide bonds. The average molecular weight is 199 g/mol. The van der Waals surface area contributed by atoms with Crippen LogP contribution in [0.15, 0.2) is 0 Å². The molecule has 0 bridgehead atoms. The van der Waals surface area contributed by atoms with Crippen LogP contribution < -0.4 is 16.4 Å². The lowest BCUT2D eigenvalue weighted by molar-refractivity contribution is -0.125. The van der Waals surface area contributed by atoms with E-state index in [1.54, 1.807) is 0 Å². The Bertz CT molecular complexity index is 254. The van der Waals surface area contributed by atoms with Gasteiger partial charge in [-0.2, -0.15) is 0 Å². The maximum absolute atomic E-state index is 11.2. The zero-order valence-electron chi connectivity index (χ0n) is 7.66. The van der Waals surface area contributed by atoms with Crippen LogP contribution in [0.5, 0.6) is 0 Å². The summed E-state index contributed by atoms with van der Waals surface area (Å²) in [5.41, 5.74) is 5.05. The molecule has 1 heterocycles. The summed E-state index contributed by atoms with van der Waals surface area (Å²) in [7, 11) is 0. The average Bonchev–Trinajstić information content (AvgIpc) is 2.51. The Morgan fingerprint density at radius 2 is 2.50 bits per heavy atom. The molecule has 1 rings (SSSR count). The van der Waals surface area contributed by atoms with E-state index in [1.165, 1.54) is 0 Å². The Balaban J connectivity index is 2.49. The van der Waals surface area contributed by atoms with Gasteiger partial charge in [0.1, 0.15) is 6.04 Å². The second kappa shape index (κ2) is 4.59. The summed E-state index contributed by atoms with van der Waals surface area (Å²) in [5.74, 6) is -0.916. The molecular weight excluding hydrogens is 186 g/mol. The fourth-order valence-corrected chi connectivity index (χ4v) is 1.50. The van der Waals surface area contributed by atoms with Gasteiger partial charge < -0.3 is 16.4 Å². The van der Waals surface area contributed by atoms with E-state index in [1.807, 2.05) is 0 Å². The van der Waals surface area contributed by atoms with Gasteiger partial charge in [-0.15, -0.1) is 0 Å². The maximum Gasteiger partial charge on any atom is 0.240 e. The fourth-order valence-electron chi connectivity index (χ4n) is 1.50. The summed E-state index contributed by atoms with van der Waals surface area (Å²) in [5, 5.41) is 4.94. The van der Waals surface area contributed by atoms with Gasteiger partial charge in [0.25, 0.3) is 0 Å². The quantitative estimate of drug-likeness (QED) is 0.451. The molecule has 78 valence electrons. The molecule has 6 heteroatoms. The van der Waals surface area contributed by atoms with Crippen molar-refractivity contribution in [3.05, 3.63) is 0 Å². The van der Waals surface area contributed by atoms with Crippen molar-refractivity contribution in [1.82, 2.24) is 10.6 Å². The second-order valence-corrected chi connectivity index (χ2v) is 3.25. The van der Waals surface area contributed by atoms with Crippen LogP contribution in [0, 0.1) is 5.92 Å². The second-order valence-electron chi connectivity index (χ2n) is 3.25. The molecule has 1 saturated heterocycles. The molecule has 0 saturated carbocycles. The van der Waals surface area contributed by atoms with Gasteiger partial charge >= 0.3 is 0 Å². The zero-order chi connectivity index (χ0) is 10.6. The number of primary amides is 1. The van der Waals surface area contributed by atoms with Gasteiger partial charge in [0.2, 0.25) is 18.2 Å². The van der Waals surface area contributed by atoms with E-state index in [2.05, 4.69) is 10.6 Å². The van der Waals surface area contributed by atoms with Crippen LogP contribution in [-0.4, -0.2) is 30.8 Å². The number of nitrogens with one attached hydrogen (secondary N) is 2. The number of carbonyl (C=O) groups excluding carboxylic acids is 3. The van der Waals surface area contributed by atoms with E-state index in [0.29, 0.717) is 19.4 Å². The normalized spacial score (nSPS) is 22.6. The van der Waals surface area contributed by atoms with Crippen LogP contribution in [0.25, 0.3) is 0 Å². The summed E-state index contributed by atoms with van der Waals surface area (Å²) in [6.07, 6.45) is 1.38. The largest absolute Gasteiger partial charge is 0.368 e. The van der Waals surface area contributed by atoms with E-state index < -0.39 is 11.9 Å². The fraction of sp³-hybridized carbons (Fsp3) is 0.625. The molecule has 0 spiro atoms. The lowest BCUT2D eigenvalue weighted by Crippen LogP contribution is -2.42. The summed E-state index contributed by atoms with van der Waals surface area (Å²) in [6.45, 7) is 0.621. The molecule has 0 radical (unpaired) electrons. The highest BCUT2D eigenvalue weighted by atomic mass is 16.2. The first-order valence-electron chi connectivity index (χ1n) is 4.42. The van der Waals surface area contributed by atoms with Gasteiger partial charge in [0.05, 0.1) is 0 Å². The first-order valence-corrected chi connectivity index (χ1v) is 4.42. The van der Waals surface area contributed by atoms with E-state index in [9.17, 15) is 14.4 Å². The Hall–Kier alpha value is -1.59. The van der Waals surface area contributed by atoms with Crippen LogP contribution in [0.1, 0.15) is 12.8 Å². The molecule has 6 nitrogen and oxygen atoms in total. The Morgan fingerprint density at radius 1 is 1.79 bits per heavy atom. The molecule has 1 aliphatic heterocycles. The van der Waals surface area contributed by atoms with E-state index in [-0.39, 0.29) is 18.2 Å². The molecule has 4 N–H and O–H groups in total. The Kier molecular flexibility index (Phi) is 3.44. The number of amides is 3. The molecule has 1 aliphatic rings. The van der Waals surface area contributed by atoms with Crippen LogP contribution in [0.3, 0.4) is 0 Å². The molecule has 0 aromatic heterocycles. The first kappa shape index (κ1) is 10.5. The third-order valence-corrected chi connectivity index (χ3v) is 2.30. The van der Waals surface area contributed by atoms with Gasteiger partial charge in [-0.3, -0.25) is 14.4 Å². The topological polar surface area (TPSA) is 101 Å². The summed E-state index contributed by atoms with van der Waals surface area (Å²) >= 11 is 0. The highest BCUT2D eigenvalue weighted by Gasteiger charge is 2.28. The van der Waals surface area contributed by atoms with Crippen molar-refractivity contribution < 1.29 is 14.4 Å². The summed E-state index contributed by atoms with van der Waals surface area (Å²) < 4.78 is 0. The van der Waals surface area contributed by atoms with Crippen molar-refractivity contribution in [1.29, 1.82) is 0 Å². The standard InChI is InChI=1S/C8H13N3O3/c9-7(13)6(11-4-12)3-5-1-2-10-8(5)14/h4-6H,1-3H2,(H2,9,13)(H,10,14)(H,11,12). The monoisotopic (exact) mass is 199 g/mol. The number of hydrogen-bond donors (Lipinski definition) is 3.